The van der Waals surface area contributed by atoms with Gasteiger partial charge in [-0.05, 0) is 24.6 Å². The Morgan fingerprint density at radius 3 is 2.57 bits per heavy atom. The number of rotatable bonds is 8. The second kappa shape index (κ2) is 8.11. The van der Waals surface area contributed by atoms with Crippen molar-refractivity contribution >= 4 is 15.7 Å². The third kappa shape index (κ3) is 5.82. The monoisotopic (exact) mass is 314 g/mol. The first-order valence-corrected chi connectivity index (χ1v) is 8.54. The van der Waals surface area contributed by atoms with Gasteiger partial charge in [-0.1, -0.05) is 6.07 Å². The molecule has 1 aromatic rings. The molecular formula is C14H22N2O4S. The number of methoxy groups -OCH3 is 1. The first-order chi connectivity index (χ1) is 9.86. The molecule has 0 aliphatic carbocycles. The van der Waals surface area contributed by atoms with Crippen LogP contribution in [0.25, 0.3) is 0 Å². The second-order valence-corrected chi connectivity index (χ2v) is 6.76. The Labute approximate surface area is 125 Å². The van der Waals surface area contributed by atoms with E-state index in [2.05, 4.69) is 10.6 Å². The molecule has 1 aromatic carbocycles. The van der Waals surface area contributed by atoms with Crippen molar-refractivity contribution in [1.29, 1.82) is 0 Å². The fourth-order valence-corrected chi connectivity index (χ4v) is 2.38. The first-order valence-electron chi connectivity index (χ1n) is 6.65. The summed E-state index contributed by atoms with van der Waals surface area (Å²) < 4.78 is 27.9. The molecule has 0 aliphatic heterocycles. The van der Waals surface area contributed by atoms with Crippen LogP contribution in [0.5, 0.6) is 0 Å². The van der Waals surface area contributed by atoms with Crippen molar-refractivity contribution in [2.75, 3.05) is 39.6 Å². The third-order valence-corrected chi connectivity index (χ3v) is 4.06. The van der Waals surface area contributed by atoms with Crippen molar-refractivity contribution in [2.45, 2.75) is 11.8 Å². The van der Waals surface area contributed by atoms with Crippen LogP contribution >= 0.6 is 0 Å². The summed E-state index contributed by atoms with van der Waals surface area (Å²) >= 11 is 0. The molecule has 0 aromatic heterocycles. The summed E-state index contributed by atoms with van der Waals surface area (Å²) in [4.78, 5) is 12.2. The number of nitrogens with one attached hydrogen (secondary N) is 2. The van der Waals surface area contributed by atoms with E-state index >= 15 is 0 Å². The van der Waals surface area contributed by atoms with Gasteiger partial charge in [0.1, 0.15) is 0 Å². The van der Waals surface area contributed by atoms with E-state index in [1.165, 1.54) is 12.1 Å². The summed E-state index contributed by atoms with van der Waals surface area (Å²) in [5.41, 5.74) is 1.13. The molecule has 21 heavy (non-hydrogen) atoms. The molecule has 0 saturated carbocycles. The highest BCUT2D eigenvalue weighted by Gasteiger charge is 2.13. The van der Waals surface area contributed by atoms with Gasteiger partial charge in [-0.25, -0.2) is 8.42 Å². The zero-order valence-electron chi connectivity index (χ0n) is 12.6. The third-order valence-electron chi connectivity index (χ3n) is 2.95. The van der Waals surface area contributed by atoms with Crippen LogP contribution in [0.1, 0.15) is 15.9 Å². The molecule has 0 saturated heterocycles. The molecular weight excluding hydrogens is 292 g/mol. The minimum atomic E-state index is -3.32. The molecule has 1 amide bonds. The highest BCUT2D eigenvalue weighted by atomic mass is 32.2. The summed E-state index contributed by atoms with van der Waals surface area (Å²) in [6.45, 7) is 4.20. The van der Waals surface area contributed by atoms with E-state index in [0.717, 1.165) is 18.4 Å². The minimum Gasteiger partial charge on any atom is -0.383 e. The quantitative estimate of drug-likeness (QED) is 0.677. The van der Waals surface area contributed by atoms with Crippen molar-refractivity contribution in [3.63, 3.8) is 0 Å². The highest BCUT2D eigenvalue weighted by Crippen LogP contribution is 2.15. The summed E-state index contributed by atoms with van der Waals surface area (Å²) in [5.74, 6) is -0.272. The molecule has 118 valence electrons. The SMILES string of the molecule is COCCNCCNC(=O)c1cc(S(C)(=O)=O)ccc1C. The lowest BCUT2D eigenvalue weighted by molar-refractivity contribution is 0.0953. The van der Waals surface area contributed by atoms with Gasteiger partial charge in [0.05, 0.1) is 11.5 Å². The van der Waals surface area contributed by atoms with E-state index < -0.39 is 9.84 Å². The molecule has 1 rings (SSSR count). The molecule has 0 aliphatic rings. The van der Waals surface area contributed by atoms with Crippen LogP contribution in [-0.4, -0.2) is 53.9 Å². The Morgan fingerprint density at radius 1 is 1.24 bits per heavy atom. The lowest BCUT2D eigenvalue weighted by Gasteiger charge is -2.10. The van der Waals surface area contributed by atoms with Gasteiger partial charge < -0.3 is 15.4 Å². The topological polar surface area (TPSA) is 84.5 Å². The predicted molar refractivity (Wildman–Crippen MR) is 81.4 cm³/mol. The molecule has 0 unspecified atom stereocenters. The summed E-state index contributed by atoms with van der Waals surface area (Å²) in [6, 6.07) is 4.56. The first kappa shape index (κ1) is 17.6. The van der Waals surface area contributed by atoms with E-state index in [0.29, 0.717) is 25.3 Å². The maximum atomic E-state index is 12.1. The van der Waals surface area contributed by atoms with Crippen LogP contribution in [0, 0.1) is 6.92 Å². The van der Waals surface area contributed by atoms with Crippen LogP contribution in [0.4, 0.5) is 0 Å². The van der Waals surface area contributed by atoms with E-state index in [1.54, 1.807) is 20.1 Å². The Morgan fingerprint density at radius 2 is 1.95 bits per heavy atom. The van der Waals surface area contributed by atoms with Crippen molar-refractivity contribution in [3.05, 3.63) is 29.3 Å². The molecule has 7 heteroatoms. The van der Waals surface area contributed by atoms with Crippen LogP contribution in [0.15, 0.2) is 23.1 Å². The normalized spacial score (nSPS) is 11.4. The van der Waals surface area contributed by atoms with E-state index in [1.807, 2.05) is 0 Å². The Kier molecular flexibility index (Phi) is 6.80. The predicted octanol–water partition coefficient (Wildman–Crippen LogP) is 0.364. The molecule has 0 bridgehead atoms. The van der Waals surface area contributed by atoms with Crippen molar-refractivity contribution in [2.24, 2.45) is 0 Å². The zero-order valence-corrected chi connectivity index (χ0v) is 13.4. The number of carbonyl (C=O) groups excluding carboxylic acids is 1. The number of hydrogen-bond acceptors (Lipinski definition) is 5. The van der Waals surface area contributed by atoms with Gasteiger partial charge >= 0.3 is 0 Å². The maximum Gasteiger partial charge on any atom is 0.251 e. The highest BCUT2D eigenvalue weighted by molar-refractivity contribution is 7.90. The van der Waals surface area contributed by atoms with Gasteiger partial charge in [0.25, 0.3) is 5.91 Å². The number of carbonyl (C=O) groups is 1. The average molecular weight is 314 g/mol. The molecule has 0 fully saturated rings. The van der Waals surface area contributed by atoms with Crippen molar-refractivity contribution < 1.29 is 17.9 Å². The number of aryl methyl sites for hydroxylation is 1. The van der Waals surface area contributed by atoms with Crippen molar-refractivity contribution in [3.8, 4) is 0 Å². The van der Waals surface area contributed by atoms with Gasteiger partial charge in [-0.2, -0.15) is 0 Å². The van der Waals surface area contributed by atoms with Gasteiger partial charge in [0.2, 0.25) is 0 Å². The van der Waals surface area contributed by atoms with Crippen molar-refractivity contribution in [1.82, 2.24) is 10.6 Å². The molecule has 6 nitrogen and oxygen atoms in total. The number of ether oxygens (including phenoxy) is 1. The number of sulfone groups is 1. The maximum absolute atomic E-state index is 12.1. The average Bonchev–Trinajstić information content (AvgIpc) is 2.41. The molecule has 2 N–H and O–H groups in total. The Hall–Kier alpha value is -1.44. The number of amides is 1. The molecule has 0 heterocycles. The molecule has 0 spiro atoms. The lowest BCUT2D eigenvalue weighted by Crippen LogP contribution is -2.33. The Balaban J connectivity index is 2.62. The van der Waals surface area contributed by atoms with Gasteiger partial charge in [-0.15, -0.1) is 0 Å². The summed E-state index contributed by atoms with van der Waals surface area (Å²) in [5, 5.41) is 5.87. The minimum absolute atomic E-state index is 0.150. The van der Waals surface area contributed by atoms with Gasteiger partial charge in [-0.3, -0.25) is 4.79 Å². The van der Waals surface area contributed by atoms with Crippen LogP contribution in [-0.2, 0) is 14.6 Å². The zero-order chi connectivity index (χ0) is 15.9. The van der Waals surface area contributed by atoms with Gasteiger partial charge in [0.15, 0.2) is 9.84 Å². The lowest BCUT2D eigenvalue weighted by atomic mass is 10.1. The number of benzene rings is 1. The standard InChI is InChI=1S/C14H22N2O4S/c1-11-4-5-12(21(3,18)19)10-13(11)14(17)16-7-6-15-8-9-20-2/h4-5,10,15H,6-9H2,1-3H3,(H,16,17). The van der Waals surface area contributed by atoms with Crippen LogP contribution < -0.4 is 10.6 Å². The summed E-state index contributed by atoms with van der Waals surface area (Å²) in [6.07, 6.45) is 1.12. The van der Waals surface area contributed by atoms with Crippen LogP contribution in [0.3, 0.4) is 0 Å². The smallest absolute Gasteiger partial charge is 0.251 e. The fraction of sp³-hybridized carbons (Fsp3) is 0.500. The fourth-order valence-electron chi connectivity index (χ4n) is 1.74. The summed E-state index contributed by atoms with van der Waals surface area (Å²) in [7, 11) is -1.69. The van der Waals surface area contributed by atoms with Gasteiger partial charge in [0, 0.05) is 38.6 Å². The Bertz CT molecular complexity index is 585. The second-order valence-electron chi connectivity index (χ2n) is 4.75. The van der Waals surface area contributed by atoms with E-state index in [9.17, 15) is 13.2 Å². The molecule has 0 radical (unpaired) electrons. The largest absolute Gasteiger partial charge is 0.383 e. The van der Waals surface area contributed by atoms with E-state index in [-0.39, 0.29) is 10.8 Å². The van der Waals surface area contributed by atoms with Crippen LogP contribution in [0.2, 0.25) is 0 Å². The molecule has 0 atom stereocenters. The van der Waals surface area contributed by atoms with E-state index in [4.69, 9.17) is 4.74 Å². The number of hydrogen-bond donors (Lipinski definition) is 2.